The number of likely N-dealkylation sites (N-methyl/N-ethyl adjacent to an activating group) is 1. The summed E-state index contributed by atoms with van der Waals surface area (Å²) in [4.78, 5) is 27.1. The number of hydrogen-bond donors (Lipinski definition) is 1. The minimum absolute atomic E-state index is 0.0430. The second-order valence-electron chi connectivity index (χ2n) is 5.45. The molecule has 0 saturated carbocycles. The molecule has 104 valence electrons. The molecule has 1 fully saturated rings. The molecular weight excluding hydrogens is 230 g/mol. The molecule has 18 heavy (non-hydrogen) atoms. The van der Waals surface area contributed by atoms with Crippen LogP contribution in [0, 0.1) is 5.92 Å². The predicted octanol–water partition coefficient (Wildman–Crippen LogP) is 0.441. The Balaban J connectivity index is 2.37. The Morgan fingerprint density at radius 3 is 2.33 bits per heavy atom. The lowest BCUT2D eigenvalue weighted by Gasteiger charge is -2.23. The summed E-state index contributed by atoms with van der Waals surface area (Å²) in [5.41, 5.74) is 5.87. The summed E-state index contributed by atoms with van der Waals surface area (Å²) in [6, 6.07) is -0.137. The molecule has 1 unspecified atom stereocenters. The highest BCUT2D eigenvalue weighted by Gasteiger charge is 2.22. The molecule has 0 bridgehead atoms. The summed E-state index contributed by atoms with van der Waals surface area (Å²) in [7, 11) is 1.67. The molecule has 1 heterocycles. The van der Waals surface area contributed by atoms with Crippen LogP contribution in [0.25, 0.3) is 0 Å². The van der Waals surface area contributed by atoms with Gasteiger partial charge in [-0.15, -0.1) is 0 Å². The van der Waals surface area contributed by atoms with E-state index in [-0.39, 0.29) is 30.3 Å². The summed E-state index contributed by atoms with van der Waals surface area (Å²) in [6.45, 7) is 5.81. The van der Waals surface area contributed by atoms with Crippen molar-refractivity contribution in [1.82, 2.24) is 9.80 Å². The monoisotopic (exact) mass is 255 g/mol. The first-order valence-corrected chi connectivity index (χ1v) is 6.69. The highest BCUT2D eigenvalue weighted by molar-refractivity contribution is 5.85. The Hall–Kier alpha value is -1.10. The van der Waals surface area contributed by atoms with E-state index in [0.717, 1.165) is 25.9 Å². The fraction of sp³-hybridized carbons (Fsp3) is 0.846. The van der Waals surface area contributed by atoms with E-state index in [4.69, 9.17) is 5.73 Å². The van der Waals surface area contributed by atoms with E-state index in [1.807, 2.05) is 18.7 Å². The zero-order chi connectivity index (χ0) is 13.7. The molecular formula is C13H25N3O2. The molecule has 5 heteroatoms. The number of nitrogens with two attached hydrogens (primary N) is 1. The van der Waals surface area contributed by atoms with E-state index in [1.165, 1.54) is 4.90 Å². The van der Waals surface area contributed by atoms with Gasteiger partial charge in [0.15, 0.2) is 0 Å². The molecule has 1 aliphatic rings. The Labute approximate surface area is 109 Å². The van der Waals surface area contributed by atoms with Crippen LogP contribution in [0.2, 0.25) is 0 Å². The van der Waals surface area contributed by atoms with Crippen molar-refractivity contribution in [1.29, 1.82) is 0 Å². The molecule has 1 aliphatic heterocycles. The first kappa shape index (κ1) is 15.0. The number of amides is 2. The van der Waals surface area contributed by atoms with Crippen LogP contribution in [0.4, 0.5) is 0 Å². The van der Waals surface area contributed by atoms with E-state index in [1.54, 1.807) is 7.05 Å². The fourth-order valence-corrected chi connectivity index (χ4v) is 1.95. The number of carbonyl (C=O) groups is 2. The van der Waals surface area contributed by atoms with Crippen molar-refractivity contribution in [3.63, 3.8) is 0 Å². The maximum Gasteiger partial charge on any atom is 0.242 e. The topological polar surface area (TPSA) is 66.6 Å². The van der Waals surface area contributed by atoms with Gasteiger partial charge >= 0.3 is 0 Å². The van der Waals surface area contributed by atoms with Crippen molar-refractivity contribution in [2.24, 2.45) is 11.7 Å². The van der Waals surface area contributed by atoms with Gasteiger partial charge in [-0.1, -0.05) is 13.8 Å². The fourth-order valence-electron chi connectivity index (χ4n) is 1.95. The van der Waals surface area contributed by atoms with Crippen LogP contribution < -0.4 is 5.73 Å². The van der Waals surface area contributed by atoms with Crippen LogP contribution in [-0.2, 0) is 9.59 Å². The van der Waals surface area contributed by atoms with Gasteiger partial charge in [-0.2, -0.15) is 0 Å². The highest BCUT2D eigenvalue weighted by atomic mass is 16.2. The van der Waals surface area contributed by atoms with Gasteiger partial charge in [0.2, 0.25) is 11.8 Å². The summed E-state index contributed by atoms with van der Waals surface area (Å²) >= 11 is 0. The Kier molecular flexibility index (Phi) is 5.59. The second kappa shape index (κ2) is 6.73. The van der Waals surface area contributed by atoms with Gasteiger partial charge in [0, 0.05) is 32.6 Å². The molecule has 0 aromatic carbocycles. The third-order valence-electron chi connectivity index (χ3n) is 3.52. The van der Waals surface area contributed by atoms with E-state index in [9.17, 15) is 9.59 Å². The van der Waals surface area contributed by atoms with Crippen LogP contribution in [0.1, 0.15) is 33.1 Å². The normalized spacial score (nSPS) is 17.1. The van der Waals surface area contributed by atoms with Crippen molar-refractivity contribution in [2.75, 3.05) is 26.7 Å². The van der Waals surface area contributed by atoms with Crippen LogP contribution >= 0.6 is 0 Å². The highest BCUT2D eigenvalue weighted by Crippen LogP contribution is 2.09. The quantitative estimate of drug-likeness (QED) is 0.775. The Morgan fingerprint density at radius 2 is 1.83 bits per heavy atom. The van der Waals surface area contributed by atoms with Gasteiger partial charge in [0.25, 0.3) is 0 Å². The molecule has 0 aliphatic carbocycles. The largest absolute Gasteiger partial charge is 0.341 e. The Morgan fingerprint density at radius 1 is 1.28 bits per heavy atom. The number of rotatable bonds is 5. The minimum Gasteiger partial charge on any atom is -0.341 e. The van der Waals surface area contributed by atoms with Gasteiger partial charge in [0.05, 0.1) is 6.54 Å². The molecule has 1 saturated heterocycles. The molecule has 5 nitrogen and oxygen atoms in total. The maximum atomic E-state index is 11.9. The van der Waals surface area contributed by atoms with Crippen LogP contribution in [-0.4, -0.2) is 54.3 Å². The number of carbonyl (C=O) groups excluding carboxylic acids is 2. The second-order valence-corrected chi connectivity index (χ2v) is 5.45. The summed E-state index contributed by atoms with van der Waals surface area (Å²) in [5, 5.41) is 0. The first-order valence-electron chi connectivity index (χ1n) is 6.69. The van der Waals surface area contributed by atoms with Gasteiger partial charge < -0.3 is 15.5 Å². The average molecular weight is 255 g/mol. The third-order valence-corrected chi connectivity index (χ3v) is 3.52. The maximum absolute atomic E-state index is 11.9. The van der Waals surface area contributed by atoms with E-state index >= 15 is 0 Å². The number of nitrogens with zero attached hydrogens (tertiary/aromatic N) is 2. The van der Waals surface area contributed by atoms with Crippen molar-refractivity contribution in [3.05, 3.63) is 0 Å². The van der Waals surface area contributed by atoms with Crippen LogP contribution in [0.3, 0.4) is 0 Å². The van der Waals surface area contributed by atoms with Gasteiger partial charge in [0.1, 0.15) is 0 Å². The molecule has 1 rings (SSSR count). The minimum atomic E-state index is -0.137. The SMILES string of the molecule is CC(C)C(N)CC(=O)N(C)CC(=O)N1CCCC1. The van der Waals surface area contributed by atoms with Crippen molar-refractivity contribution in [3.8, 4) is 0 Å². The Bertz CT molecular complexity index is 299. The molecule has 0 radical (unpaired) electrons. The van der Waals surface area contributed by atoms with Crippen molar-refractivity contribution >= 4 is 11.8 Å². The van der Waals surface area contributed by atoms with Crippen LogP contribution in [0.15, 0.2) is 0 Å². The summed E-state index contributed by atoms with van der Waals surface area (Å²) < 4.78 is 0. The zero-order valence-corrected chi connectivity index (χ0v) is 11.7. The van der Waals surface area contributed by atoms with Crippen LogP contribution in [0.5, 0.6) is 0 Å². The lowest BCUT2D eigenvalue weighted by molar-refractivity contribution is -0.139. The molecule has 1 atom stereocenters. The summed E-state index contributed by atoms with van der Waals surface area (Å²) in [5.74, 6) is 0.266. The third kappa shape index (κ3) is 4.29. The zero-order valence-electron chi connectivity index (χ0n) is 11.7. The van der Waals surface area contributed by atoms with Gasteiger partial charge in [-0.05, 0) is 18.8 Å². The van der Waals surface area contributed by atoms with Gasteiger partial charge in [-0.25, -0.2) is 0 Å². The molecule has 2 N–H and O–H groups in total. The molecule has 0 aromatic rings. The number of hydrogen-bond acceptors (Lipinski definition) is 3. The van der Waals surface area contributed by atoms with E-state index < -0.39 is 0 Å². The molecule has 0 spiro atoms. The molecule has 0 aromatic heterocycles. The lowest BCUT2D eigenvalue weighted by Crippen LogP contribution is -2.42. The van der Waals surface area contributed by atoms with E-state index in [0.29, 0.717) is 6.42 Å². The smallest absolute Gasteiger partial charge is 0.242 e. The van der Waals surface area contributed by atoms with Gasteiger partial charge in [-0.3, -0.25) is 9.59 Å². The number of likely N-dealkylation sites (tertiary alicyclic amines) is 1. The predicted molar refractivity (Wildman–Crippen MR) is 70.9 cm³/mol. The molecule has 2 amide bonds. The van der Waals surface area contributed by atoms with Crippen molar-refractivity contribution in [2.45, 2.75) is 39.2 Å². The summed E-state index contributed by atoms with van der Waals surface area (Å²) in [6.07, 6.45) is 2.45. The lowest BCUT2D eigenvalue weighted by atomic mass is 10.0. The standard InChI is InChI=1S/C13H25N3O2/c1-10(2)11(14)8-12(17)15(3)9-13(18)16-6-4-5-7-16/h10-11H,4-9,14H2,1-3H3. The van der Waals surface area contributed by atoms with Crippen molar-refractivity contribution < 1.29 is 9.59 Å². The average Bonchev–Trinajstić information content (AvgIpc) is 2.81. The van der Waals surface area contributed by atoms with E-state index in [2.05, 4.69) is 0 Å². The first-order chi connectivity index (χ1) is 8.41.